The van der Waals surface area contributed by atoms with Gasteiger partial charge >= 0.3 is 0 Å². The van der Waals surface area contributed by atoms with Gasteiger partial charge in [-0.2, -0.15) is 0 Å². The van der Waals surface area contributed by atoms with Crippen LogP contribution >= 0.6 is 0 Å². The number of carbonyl (C=O) groups is 1. The van der Waals surface area contributed by atoms with E-state index in [4.69, 9.17) is 4.74 Å². The van der Waals surface area contributed by atoms with E-state index >= 15 is 0 Å². The molecular weight excluding hydrogens is 240 g/mol. The van der Waals surface area contributed by atoms with E-state index in [1.165, 1.54) is 0 Å². The zero-order chi connectivity index (χ0) is 14.5. The van der Waals surface area contributed by atoms with Gasteiger partial charge in [-0.05, 0) is 59.9 Å². The van der Waals surface area contributed by atoms with Gasteiger partial charge in [-0.15, -0.1) is 0 Å². The molecule has 0 bridgehead atoms. The van der Waals surface area contributed by atoms with E-state index in [9.17, 15) is 4.79 Å². The average molecular weight is 270 g/mol. The lowest BCUT2D eigenvalue weighted by atomic mass is 9.93. The lowest BCUT2D eigenvalue weighted by molar-refractivity contribution is -0.138. The van der Waals surface area contributed by atoms with Crippen LogP contribution in [0.4, 0.5) is 0 Å². The third-order valence-electron chi connectivity index (χ3n) is 4.19. The minimum Gasteiger partial charge on any atom is -0.365 e. The molecule has 0 aromatic rings. The summed E-state index contributed by atoms with van der Waals surface area (Å²) < 4.78 is 5.90. The van der Waals surface area contributed by atoms with E-state index in [1.807, 2.05) is 27.8 Å². The van der Waals surface area contributed by atoms with Crippen molar-refractivity contribution in [2.75, 3.05) is 7.05 Å². The van der Waals surface area contributed by atoms with E-state index in [2.05, 4.69) is 17.6 Å². The molecule has 0 spiro atoms. The largest absolute Gasteiger partial charge is 0.365 e. The molecule has 0 saturated heterocycles. The van der Waals surface area contributed by atoms with Crippen LogP contribution in [0.15, 0.2) is 0 Å². The molecule has 2 N–H and O–H groups in total. The smallest absolute Gasteiger partial charge is 0.249 e. The average Bonchev–Trinajstić information content (AvgIpc) is 2.39. The molecule has 0 aromatic heterocycles. The quantitative estimate of drug-likeness (QED) is 0.778. The summed E-state index contributed by atoms with van der Waals surface area (Å²) in [4.78, 5) is 12.1. The Morgan fingerprint density at radius 3 is 2.37 bits per heavy atom. The van der Waals surface area contributed by atoms with Crippen molar-refractivity contribution in [1.82, 2.24) is 10.6 Å². The van der Waals surface area contributed by atoms with E-state index in [-0.39, 0.29) is 23.7 Å². The second-order valence-electron chi connectivity index (χ2n) is 6.27. The van der Waals surface area contributed by atoms with Crippen molar-refractivity contribution in [3.8, 4) is 0 Å². The second kappa shape index (κ2) is 7.25. The highest BCUT2D eigenvalue weighted by Crippen LogP contribution is 2.22. The van der Waals surface area contributed by atoms with Crippen LogP contribution in [0, 0.1) is 0 Å². The van der Waals surface area contributed by atoms with Crippen molar-refractivity contribution in [3.63, 3.8) is 0 Å². The van der Waals surface area contributed by atoms with Crippen molar-refractivity contribution in [2.24, 2.45) is 0 Å². The predicted octanol–water partition coefficient (Wildman–Crippen LogP) is 2.23. The first-order chi connectivity index (χ1) is 8.88. The fourth-order valence-electron chi connectivity index (χ4n) is 2.36. The molecule has 0 heterocycles. The maximum atomic E-state index is 12.1. The molecule has 1 amide bonds. The standard InChI is InChI=1S/C15H30N2O2/c1-6-15(3,4)17-14(18)11(2)19-13-9-7-12(16-5)8-10-13/h11-13,16H,6-10H2,1-5H3,(H,17,18). The van der Waals surface area contributed by atoms with Gasteiger partial charge in [0.05, 0.1) is 6.10 Å². The van der Waals surface area contributed by atoms with E-state index in [0.717, 1.165) is 32.1 Å². The van der Waals surface area contributed by atoms with Gasteiger partial charge < -0.3 is 15.4 Å². The number of carbonyl (C=O) groups excluding carboxylic acids is 1. The molecule has 1 atom stereocenters. The third kappa shape index (κ3) is 5.49. The molecule has 1 aliphatic rings. The number of hydrogen-bond donors (Lipinski definition) is 2. The van der Waals surface area contributed by atoms with Crippen LogP contribution in [0.1, 0.15) is 59.8 Å². The van der Waals surface area contributed by atoms with Crippen molar-refractivity contribution in [1.29, 1.82) is 0 Å². The van der Waals surface area contributed by atoms with E-state index in [0.29, 0.717) is 6.04 Å². The molecule has 0 radical (unpaired) electrons. The van der Waals surface area contributed by atoms with Crippen LogP contribution in [0.2, 0.25) is 0 Å². The molecule has 1 fully saturated rings. The molecule has 19 heavy (non-hydrogen) atoms. The van der Waals surface area contributed by atoms with Gasteiger partial charge in [0.2, 0.25) is 5.91 Å². The summed E-state index contributed by atoms with van der Waals surface area (Å²) in [5, 5.41) is 6.34. The fourth-order valence-corrected chi connectivity index (χ4v) is 2.36. The van der Waals surface area contributed by atoms with E-state index in [1.54, 1.807) is 0 Å². The number of amides is 1. The normalized spacial score (nSPS) is 25.9. The molecule has 0 aliphatic heterocycles. The number of nitrogens with one attached hydrogen (secondary N) is 2. The Labute approximate surface area is 117 Å². The monoisotopic (exact) mass is 270 g/mol. The number of rotatable bonds is 6. The lowest BCUT2D eigenvalue weighted by Crippen LogP contribution is -2.48. The number of hydrogen-bond acceptors (Lipinski definition) is 3. The highest BCUT2D eigenvalue weighted by atomic mass is 16.5. The maximum absolute atomic E-state index is 12.1. The highest BCUT2D eigenvalue weighted by Gasteiger charge is 2.26. The summed E-state index contributed by atoms with van der Waals surface area (Å²) in [5.41, 5.74) is -0.154. The summed E-state index contributed by atoms with van der Waals surface area (Å²) in [6.07, 6.45) is 5.14. The first-order valence-corrected chi connectivity index (χ1v) is 7.52. The van der Waals surface area contributed by atoms with Crippen molar-refractivity contribution in [2.45, 2.75) is 83.6 Å². The Bertz CT molecular complexity index is 284. The minimum atomic E-state index is -0.359. The van der Waals surface area contributed by atoms with Crippen LogP contribution in [-0.2, 0) is 9.53 Å². The van der Waals surface area contributed by atoms with Gasteiger partial charge in [0.15, 0.2) is 0 Å². The fraction of sp³-hybridized carbons (Fsp3) is 0.933. The van der Waals surface area contributed by atoms with Crippen LogP contribution in [0.5, 0.6) is 0 Å². The Morgan fingerprint density at radius 2 is 1.89 bits per heavy atom. The molecule has 1 saturated carbocycles. The van der Waals surface area contributed by atoms with Gasteiger partial charge in [-0.3, -0.25) is 4.79 Å². The topological polar surface area (TPSA) is 50.4 Å². The van der Waals surface area contributed by atoms with Gasteiger partial charge in [-0.25, -0.2) is 0 Å². The molecular formula is C15H30N2O2. The highest BCUT2D eigenvalue weighted by molar-refractivity contribution is 5.81. The Kier molecular flexibility index (Phi) is 6.27. The van der Waals surface area contributed by atoms with E-state index < -0.39 is 0 Å². The van der Waals surface area contributed by atoms with Crippen LogP contribution < -0.4 is 10.6 Å². The van der Waals surface area contributed by atoms with Gasteiger partial charge in [-0.1, -0.05) is 6.92 Å². The molecule has 1 unspecified atom stereocenters. The first kappa shape index (κ1) is 16.4. The van der Waals surface area contributed by atoms with Crippen LogP contribution in [0.25, 0.3) is 0 Å². The molecule has 4 heteroatoms. The van der Waals surface area contributed by atoms with Crippen molar-refractivity contribution in [3.05, 3.63) is 0 Å². The molecule has 1 aliphatic carbocycles. The lowest BCUT2D eigenvalue weighted by Gasteiger charge is -2.31. The van der Waals surface area contributed by atoms with Crippen molar-refractivity contribution < 1.29 is 9.53 Å². The third-order valence-corrected chi connectivity index (χ3v) is 4.19. The first-order valence-electron chi connectivity index (χ1n) is 7.52. The van der Waals surface area contributed by atoms with Crippen molar-refractivity contribution >= 4 is 5.91 Å². The Balaban J connectivity index is 2.34. The predicted molar refractivity (Wildman–Crippen MR) is 78.2 cm³/mol. The van der Waals surface area contributed by atoms with Crippen LogP contribution in [-0.4, -0.2) is 36.7 Å². The van der Waals surface area contributed by atoms with Crippen LogP contribution in [0.3, 0.4) is 0 Å². The summed E-state index contributed by atoms with van der Waals surface area (Å²) in [7, 11) is 2.01. The molecule has 4 nitrogen and oxygen atoms in total. The molecule has 1 rings (SSSR count). The summed E-state index contributed by atoms with van der Waals surface area (Å²) in [6.45, 7) is 8.00. The van der Waals surface area contributed by atoms with Gasteiger partial charge in [0.1, 0.15) is 6.10 Å². The summed E-state index contributed by atoms with van der Waals surface area (Å²) >= 11 is 0. The minimum absolute atomic E-state index is 0.00240. The van der Waals surface area contributed by atoms with Gasteiger partial charge in [0, 0.05) is 11.6 Å². The summed E-state index contributed by atoms with van der Waals surface area (Å²) in [6, 6.07) is 0.614. The Morgan fingerprint density at radius 1 is 1.32 bits per heavy atom. The zero-order valence-corrected chi connectivity index (χ0v) is 13.1. The zero-order valence-electron chi connectivity index (χ0n) is 13.1. The maximum Gasteiger partial charge on any atom is 0.249 e. The SMILES string of the molecule is CCC(C)(C)NC(=O)C(C)OC1CCC(NC)CC1. The molecule has 0 aromatic carbocycles. The second-order valence-corrected chi connectivity index (χ2v) is 6.27. The number of ether oxygens (including phenoxy) is 1. The van der Waals surface area contributed by atoms with Gasteiger partial charge in [0.25, 0.3) is 0 Å². The molecule has 112 valence electrons. The Hall–Kier alpha value is -0.610. The summed E-state index contributed by atoms with van der Waals surface area (Å²) in [5.74, 6) is 0.00240.